The zero-order valence-electron chi connectivity index (χ0n) is 14.2. The van der Waals surface area contributed by atoms with Gasteiger partial charge in [-0.05, 0) is 45.0 Å². The second-order valence-electron chi connectivity index (χ2n) is 6.27. The van der Waals surface area contributed by atoms with E-state index in [1.807, 2.05) is 0 Å². The summed E-state index contributed by atoms with van der Waals surface area (Å²) in [6, 6.07) is 9.77. The van der Waals surface area contributed by atoms with Gasteiger partial charge in [0.1, 0.15) is 17.4 Å². The molecule has 0 unspecified atom stereocenters. The van der Waals surface area contributed by atoms with Crippen molar-refractivity contribution < 1.29 is 19.1 Å². The lowest BCUT2D eigenvalue weighted by atomic mass is 10.2. The summed E-state index contributed by atoms with van der Waals surface area (Å²) < 4.78 is 10.4. The number of nitrogens with zero attached hydrogens (tertiary/aromatic N) is 1. The van der Waals surface area contributed by atoms with Crippen LogP contribution in [0.2, 0.25) is 5.15 Å². The number of aromatic nitrogens is 1. The van der Waals surface area contributed by atoms with E-state index in [0.717, 1.165) is 5.56 Å². The summed E-state index contributed by atoms with van der Waals surface area (Å²) in [7, 11) is 0. The summed E-state index contributed by atoms with van der Waals surface area (Å²) in [6.45, 7) is 5.39. The Morgan fingerprint density at radius 2 is 1.96 bits per heavy atom. The number of halogens is 1. The molecule has 6 nitrogen and oxygen atoms in total. The molecule has 0 aliphatic heterocycles. The lowest BCUT2D eigenvalue weighted by Crippen LogP contribution is -2.27. The average Bonchev–Trinajstić information content (AvgIpc) is 2.52. The Kier molecular flexibility index (Phi) is 5.98. The molecule has 132 valence electrons. The number of esters is 1. The highest BCUT2D eigenvalue weighted by molar-refractivity contribution is 6.29. The van der Waals surface area contributed by atoms with Crippen LogP contribution < -0.4 is 5.32 Å². The van der Waals surface area contributed by atoms with Gasteiger partial charge >= 0.3 is 12.1 Å². The molecule has 0 bridgehead atoms. The van der Waals surface area contributed by atoms with Crippen LogP contribution in [0, 0.1) is 0 Å². The summed E-state index contributed by atoms with van der Waals surface area (Å²) in [5.41, 5.74) is 0.876. The highest BCUT2D eigenvalue weighted by Gasteiger charge is 2.16. The molecule has 1 aromatic carbocycles. The molecule has 2 rings (SSSR count). The van der Waals surface area contributed by atoms with Crippen molar-refractivity contribution in [1.82, 2.24) is 4.98 Å². The van der Waals surface area contributed by atoms with Crippen molar-refractivity contribution in [1.29, 1.82) is 0 Å². The van der Waals surface area contributed by atoms with Crippen molar-refractivity contribution >= 4 is 29.4 Å². The highest BCUT2D eigenvalue weighted by Crippen LogP contribution is 2.15. The zero-order valence-corrected chi connectivity index (χ0v) is 15.0. The molecular formula is C18H19ClN2O4. The maximum absolute atomic E-state index is 12.1. The molecule has 0 saturated heterocycles. The fourth-order valence-electron chi connectivity index (χ4n) is 1.87. The number of benzene rings is 1. The normalized spacial score (nSPS) is 10.9. The maximum atomic E-state index is 12.1. The maximum Gasteiger partial charge on any atom is 0.412 e. The van der Waals surface area contributed by atoms with E-state index in [2.05, 4.69) is 10.3 Å². The lowest BCUT2D eigenvalue weighted by molar-refractivity contribution is 0.0471. The zero-order chi connectivity index (χ0) is 18.4. The first-order valence-electron chi connectivity index (χ1n) is 7.60. The van der Waals surface area contributed by atoms with Gasteiger partial charge in [-0.1, -0.05) is 23.7 Å². The predicted octanol–water partition coefficient (Wildman–Crippen LogP) is 4.44. The van der Waals surface area contributed by atoms with E-state index in [1.54, 1.807) is 51.1 Å². The van der Waals surface area contributed by atoms with E-state index in [0.29, 0.717) is 16.4 Å². The van der Waals surface area contributed by atoms with Crippen LogP contribution in [-0.4, -0.2) is 22.6 Å². The topological polar surface area (TPSA) is 77.5 Å². The van der Waals surface area contributed by atoms with E-state index >= 15 is 0 Å². The molecule has 1 heterocycles. The second-order valence-corrected chi connectivity index (χ2v) is 6.66. The summed E-state index contributed by atoms with van der Waals surface area (Å²) in [5, 5.41) is 2.95. The number of nitrogens with one attached hydrogen (secondary N) is 1. The number of anilines is 1. The molecule has 1 N–H and O–H groups in total. The number of rotatable bonds is 4. The Balaban J connectivity index is 1.96. The number of amides is 1. The van der Waals surface area contributed by atoms with Gasteiger partial charge in [-0.25, -0.2) is 14.6 Å². The summed E-state index contributed by atoms with van der Waals surface area (Å²) >= 11 is 5.71. The molecule has 0 saturated carbocycles. The minimum absolute atomic E-state index is 0.0761. The highest BCUT2D eigenvalue weighted by atomic mass is 35.5. The van der Waals surface area contributed by atoms with Gasteiger partial charge in [-0.2, -0.15) is 0 Å². The first-order chi connectivity index (χ1) is 11.7. The molecule has 1 aromatic heterocycles. The van der Waals surface area contributed by atoms with Gasteiger partial charge in [-0.3, -0.25) is 5.32 Å². The summed E-state index contributed by atoms with van der Waals surface area (Å²) in [6.07, 6.45) is 0.945. The Morgan fingerprint density at radius 3 is 2.60 bits per heavy atom. The fourth-order valence-corrected chi connectivity index (χ4v) is 1.98. The van der Waals surface area contributed by atoms with E-state index in [-0.39, 0.29) is 6.61 Å². The van der Waals surface area contributed by atoms with E-state index < -0.39 is 17.7 Å². The van der Waals surface area contributed by atoms with Crippen LogP contribution in [0.1, 0.15) is 36.7 Å². The van der Waals surface area contributed by atoms with Gasteiger partial charge in [0.25, 0.3) is 0 Å². The first-order valence-corrected chi connectivity index (χ1v) is 7.98. The van der Waals surface area contributed by atoms with Crippen molar-refractivity contribution in [2.24, 2.45) is 0 Å². The van der Waals surface area contributed by atoms with Gasteiger partial charge < -0.3 is 9.47 Å². The van der Waals surface area contributed by atoms with Crippen molar-refractivity contribution in [3.8, 4) is 0 Å². The average molecular weight is 363 g/mol. The lowest BCUT2D eigenvalue weighted by Gasteiger charge is -2.19. The molecule has 0 radical (unpaired) electrons. The van der Waals surface area contributed by atoms with E-state index in [4.69, 9.17) is 21.1 Å². The third-order valence-electron chi connectivity index (χ3n) is 2.90. The molecule has 0 fully saturated rings. The second kappa shape index (κ2) is 7.98. The van der Waals surface area contributed by atoms with Crippen molar-refractivity contribution in [3.63, 3.8) is 0 Å². The number of pyridine rings is 1. The van der Waals surface area contributed by atoms with E-state index in [1.165, 1.54) is 12.3 Å². The smallest absolute Gasteiger partial charge is 0.412 e. The number of hydrogen-bond donors (Lipinski definition) is 1. The predicted molar refractivity (Wildman–Crippen MR) is 94.7 cm³/mol. The van der Waals surface area contributed by atoms with E-state index in [9.17, 15) is 9.59 Å². The summed E-state index contributed by atoms with van der Waals surface area (Å²) in [4.78, 5) is 27.8. The number of ether oxygens (including phenoxy) is 2. The molecule has 0 aliphatic rings. The quantitative estimate of drug-likeness (QED) is 0.642. The van der Waals surface area contributed by atoms with Gasteiger partial charge in [-0.15, -0.1) is 0 Å². The SMILES string of the molecule is CC(C)(C)OC(=O)Nc1cccc(C(=O)OCc2ccc(Cl)nc2)c1. The van der Waals surface area contributed by atoms with Crippen LogP contribution in [0.3, 0.4) is 0 Å². The number of carbonyl (C=O) groups is 2. The Hall–Kier alpha value is -2.60. The molecule has 0 aliphatic carbocycles. The molecular weight excluding hydrogens is 344 g/mol. The summed E-state index contributed by atoms with van der Waals surface area (Å²) in [5.74, 6) is -0.511. The van der Waals surface area contributed by atoms with Gasteiger partial charge in [0.05, 0.1) is 5.56 Å². The van der Waals surface area contributed by atoms with Crippen LogP contribution in [-0.2, 0) is 16.1 Å². The number of carbonyl (C=O) groups excluding carboxylic acids is 2. The minimum Gasteiger partial charge on any atom is -0.457 e. The van der Waals surface area contributed by atoms with Crippen molar-refractivity contribution in [3.05, 3.63) is 58.9 Å². The third-order valence-corrected chi connectivity index (χ3v) is 3.13. The number of hydrogen-bond acceptors (Lipinski definition) is 5. The monoisotopic (exact) mass is 362 g/mol. The largest absolute Gasteiger partial charge is 0.457 e. The molecule has 25 heavy (non-hydrogen) atoms. The molecule has 7 heteroatoms. The van der Waals surface area contributed by atoms with Crippen molar-refractivity contribution in [2.75, 3.05) is 5.32 Å². The van der Waals surface area contributed by atoms with Crippen LogP contribution in [0.5, 0.6) is 0 Å². The molecule has 0 atom stereocenters. The Labute approximate surface area is 151 Å². The Morgan fingerprint density at radius 1 is 1.20 bits per heavy atom. The van der Waals surface area contributed by atoms with Crippen molar-refractivity contribution in [2.45, 2.75) is 33.0 Å². The molecule has 0 spiro atoms. The molecule has 2 aromatic rings. The van der Waals surface area contributed by atoms with Crippen LogP contribution >= 0.6 is 11.6 Å². The minimum atomic E-state index is -0.604. The van der Waals surface area contributed by atoms with Crippen LogP contribution in [0.25, 0.3) is 0 Å². The standard InChI is InChI=1S/C18H19ClN2O4/c1-18(2,3)25-17(23)21-14-6-4-5-13(9-14)16(22)24-11-12-7-8-15(19)20-10-12/h4-10H,11H2,1-3H3,(H,21,23). The van der Waals surface area contributed by atoms with Crippen LogP contribution in [0.4, 0.5) is 10.5 Å². The van der Waals surface area contributed by atoms with Crippen LogP contribution in [0.15, 0.2) is 42.6 Å². The third kappa shape index (κ3) is 6.43. The van der Waals surface area contributed by atoms with Gasteiger partial charge in [0, 0.05) is 17.4 Å². The van der Waals surface area contributed by atoms with Gasteiger partial charge in [0.15, 0.2) is 0 Å². The van der Waals surface area contributed by atoms with Gasteiger partial charge in [0.2, 0.25) is 0 Å². The fraction of sp³-hybridized carbons (Fsp3) is 0.278. The first kappa shape index (κ1) is 18.7. The molecule has 1 amide bonds. The Bertz CT molecular complexity index is 754.